The van der Waals surface area contributed by atoms with Crippen LogP contribution in [-0.2, 0) is 14.6 Å². The highest BCUT2D eigenvalue weighted by Gasteiger charge is 2.37. The third kappa shape index (κ3) is 5.52. The van der Waals surface area contributed by atoms with Gasteiger partial charge in [0.1, 0.15) is 9.96 Å². The minimum Gasteiger partial charge on any atom is -0.427 e. The molecule has 0 atom stereocenters. The van der Waals surface area contributed by atoms with Crippen molar-refractivity contribution in [2.75, 3.05) is 11.1 Å². The van der Waals surface area contributed by atoms with Crippen LogP contribution in [0, 0.1) is 0 Å². The zero-order chi connectivity index (χ0) is 19.5. The molecule has 0 spiro atoms. The molecular formula is C14H11F3N2O5S2. The second-order valence-corrected chi connectivity index (χ2v) is 8.18. The molecular weight excluding hydrogens is 397 g/mol. The first kappa shape index (κ1) is 19.8. The van der Waals surface area contributed by atoms with Crippen molar-refractivity contribution in [2.24, 2.45) is 0 Å². The minimum absolute atomic E-state index is 0.149. The normalized spacial score (nSPS) is 11.8. The number of carbonyl (C=O) groups excluding carboxylic acids is 2. The second kappa shape index (κ2) is 7.41. The molecule has 2 aromatic rings. The standard InChI is InChI=1S/C14H11F3N2O5S2/c1-8(20)24-10-4-2-9(3-5-10)12(21)19-13-18-6-11(25-13)26(22,23)7-14(15,16)17/h2-6H,7H2,1H3,(H,18,19,21). The van der Waals surface area contributed by atoms with Gasteiger partial charge < -0.3 is 4.74 Å². The number of nitrogens with one attached hydrogen (secondary N) is 1. The molecule has 0 saturated carbocycles. The van der Waals surface area contributed by atoms with E-state index < -0.39 is 37.9 Å². The average Bonchev–Trinajstić information content (AvgIpc) is 2.94. The lowest BCUT2D eigenvalue weighted by molar-refractivity contribution is -0.131. The first-order chi connectivity index (χ1) is 12.0. The number of anilines is 1. The Morgan fingerprint density at radius 2 is 1.85 bits per heavy atom. The number of hydrogen-bond acceptors (Lipinski definition) is 7. The Kier molecular flexibility index (Phi) is 5.66. The number of sulfone groups is 1. The van der Waals surface area contributed by atoms with E-state index >= 15 is 0 Å². The smallest absolute Gasteiger partial charge is 0.403 e. The SMILES string of the molecule is CC(=O)Oc1ccc(C(=O)Nc2ncc(S(=O)(=O)CC(F)(F)F)s2)cc1. The first-order valence-electron chi connectivity index (χ1n) is 6.81. The van der Waals surface area contributed by atoms with Crippen LogP contribution >= 0.6 is 11.3 Å². The van der Waals surface area contributed by atoms with Crippen LogP contribution in [0.5, 0.6) is 5.75 Å². The summed E-state index contributed by atoms with van der Waals surface area (Å²) in [6.45, 7) is 1.22. The van der Waals surface area contributed by atoms with E-state index in [1.165, 1.54) is 31.2 Å². The molecule has 0 bridgehead atoms. The van der Waals surface area contributed by atoms with Gasteiger partial charge in [0.05, 0.1) is 6.20 Å². The minimum atomic E-state index is -4.88. The summed E-state index contributed by atoms with van der Waals surface area (Å²) in [5.41, 5.74) is 0.149. The molecule has 0 unspecified atom stereocenters. The predicted molar refractivity (Wildman–Crippen MR) is 85.9 cm³/mol. The Hall–Kier alpha value is -2.47. The molecule has 1 amide bonds. The lowest BCUT2D eigenvalue weighted by atomic mass is 10.2. The molecule has 0 radical (unpaired) electrons. The second-order valence-electron chi connectivity index (χ2n) is 4.93. The highest BCUT2D eigenvalue weighted by Crippen LogP contribution is 2.28. The molecule has 7 nitrogen and oxygen atoms in total. The summed E-state index contributed by atoms with van der Waals surface area (Å²) in [7, 11) is -4.58. The van der Waals surface area contributed by atoms with Crippen LogP contribution in [0.1, 0.15) is 17.3 Å². The number of hydrogen-bond donors (Lipinski definition) is 1. The topological polar surface area (TPSA) is 102 Å². The Bertz CT molecular complexity index is 921. The number of esters is 1. The van der Waals surface area contributed by atoms with Gasteiger partial charge in [-0.05, 0) is 24.3 Å². The lowest BCUT2D eigenvalue weighted by Gasteiger charge is -2.05. The van der Waals surface area contributed by atoms with Gasteiger partial charge >= 0.3 is 12.1 Å². The molecule has 26 heavy (non-hydrogen) atoms. The number of halogens is 3. The molecule has 1 N–H and O–H groups in total. The zero-order valence-electron chi connectivity index (χ0n) is 13.0. The average molecular weight is 408 g/mol. The predicted octanol–water partition coefficient (Wildman–Crippen LogP) is 2.66. The fourth-order valence-corrected chi connectivity index (χ4v) is 4.01. The van der Waals surface area contributed by atoms with E-state index in [0.29, 0.717) is 11.3 Å². The van der Waals surface area contributed by atoms with Gasteiger partial charge in [-0.25, -0.2) is 13.4 Å². The monoisotopic (exact) mass is 408 g/mol. The van der Waals surface area contributed by atoms with Crippen molar-refractivity contribution in [1.82, 2.24) is 4.98 Å². The maximum atomic E-state index is 12.3. The molecule has 140 valence electrons. The highest BCUT2D eigenvalue weighted by molar-refractivity contribution is 7.93. The molecule has 0 saturated heterocycles. The van der Waals surface area contributed by atoms with Crippen LogP contribution in [0.3, 0.4) is 0 Å². The van der Waals surface area contributed by atoms with Gasteiger partial charge in [0.15, 0.2) is 20.7 Å². The maximum Gasteiger partial charge on any atom is 0.403 e. The highest BCUT2D eigenvalue weighted by atomic mass is 32.2. The van der Waals surface area contributed by atoms with E-state index in [0.717, 1.165) is 6.20 Å². The number of amides is 1. The van der Waals surface area contributed by atoms with Crippen LogP contribution in [0.4, 0.5) is 18.3 Å². The van der Waals surface area contributed by atoms with E-state index in [9.17, 15) is 31.2 Å². The quantitative estimate of drug-likeness (QED) is 0.603. The largest absolute Gasteiger partial charge is 0.427 e. The third-order valence-electron chi connectivity index (χ3n) is 2.74. The van der Waals surface area contributed by atoms with E-state index in [4.69, 9.17) is 4.74 Å². The number of carbonyl (C=O) groups is 2. The molecule has 0 aliphatic heterocycles. The summed E-state index contributed by atoms with van der Waals surface area (Å²) in [4.78, 5) is 26.5. The molecule has 1 aromatic heterocycles. The first-order valence-corrected chi connectivity index (χ1v) is 9.28. The number of thiazole rings is 1. The number of ether oxygens (including phenoxy) is 1. The number of alkyl halides is 3. The molecule has 12 heteroatoms. The van der Waals surface area contributed by atoms with Crippen LogP contribution in [0.15, 0.2) is 34.7 Å². The fourth-order valence-electron chi connectivity index (χ4n) is 1.76. The van der Waals surface area contributed by atoms with Gasteiger partial charge in [-0.2, -0.15) is 13.2 Å². The van der Waals surface area contributed by atoms with Gasteiger partial charge in [0.25, 0.3) is 5.91 Å². The van der Waals surface area contributed by atoms with Crippen LogP contribution < -0.4 is 10.1 Å². The Balaban J connectivity index is 2.09. The Morgan fingerprint density at radius 3 is 2.38 bits per heavy atom. The summed E-state index contributed by atoms with van der Waals surface area (Å²) < 4.78 is 64.4. The summed E-state index contributed by atoms with van der Waals surface area (Å²) in [6.07, 6.45) is -4.12. The Morgan fingerprint density at radius 1 is 1.23 bits per heavy atom. The van der Waals surface area contributed by atoms with Crippen LogP contribution in [-0.4, -0.2) is 37.2 Å². The van der Waals surface area contributed by atoms with Gasteiger partial charge in [0.2, 0.25) is 0 Å². The van der Waals surface area contributed by atoms with Crippen molar-refractivity contribution in [2.45, 2.75) is 17.3 Å². The van der Waals surface area contributed by atoms with Gasteiger partial charge in [-0.1, -0.05) is 11.3 Å². The third-order valence-corrected chi connectivity index (χ3v) is 5.89. The van der Waals surface area contributed by atoms with E-state index in [1.807, 2.05) is 0 Å². The number of benzene rings is 1. The summed E-state index contributed by atoms with van der Waals surface area (Å²) >= 11 is 0.415. The van der Waals surface area contributed by atoms with Gasteiger partial charge in [-0.3, -0.25) is 14.9 Å². The number of nitrogens with zero attached hydrogens (tertiary/aromatic N) is 1. The summed E-state index contributed by atoms with van der Waals surface area (Å²) in [6, 6.07) is 5.44. The molecule has 0 aliphatic carbocycles. The summed E-state index contributed by atoms with van der Waals surface area (Å²) in [5.74, 6) is -2.97. The number of rotatable bonds is 5. The van der Waals surface area contributed by atoms with E-state index in [-0.39, 0.29) is 16.4 Å². The molecule has 0 fully saturated rings. The van der Waals surface area contributed by atoms with Gasteiger partial charge in [-0.15, -0.1) is 0 Å². The maximum absolute atomic E-state index is 12.3. The van der Waals surface area contributed by atoms with Crippen molar-refractivity contribution < 1.29 is 35.9 Å². The molecule has 1 aromatic carbocycles. The van der Waals surface area contributed by atoms with E-state index in [1.54, 1.807) is 0 Å². The van der Waals surface area contributed by atoms with Gasteiger partial charge in [0, 0.05) is 12.5 Å². The lowest BCUT2D eigenvalue weighted by Crippen LogP contribution is -2.22. The van der Waals surface area contributed by atoms with Crippen molar-refractivity contribution in [3.63, 3.8) is 0 Å². The van der Waals surface area contributed by atoms with E-state index in [2.05, 4.69) is 10.3 Å². The zero-order valence-corrected chi connectivity index (χ0v) is 14.7. The van der Waals surface area contributed by atoms with Crippen molar-refractivity contribution in [3.8, 4) is 5.75 Å². The Labute approximate surface area is 149 Å². The molecule has 2 rings (SSSR count). The van der Waals surface area contributed by atoms with Crippen molar-refractivity contribution in [1.29, 1.82) is 0 Å². The molecule has 1 heterocycles. The van der Waals surface area contributed by atoms with Crippen LogP contribution in [0.25, 0.3) is 0 Å². The van der Waals surface area contributed by atoms with Crippen LogP contribution in [0.2, 0.25) is 0 Å². The van der Waals surface area contributed by atoms with Crippen molar-refractivity contribution >= 4 is 38.2 Å². The summed E-state index contributed by atoms with van der Waals surface area (Å²) in [5, 5.41) is 2.12. The fraction of sp³-hybridized carbons (Fsp3) is 0.214. The van der Waals surface area contributed by atoms with Crippen molar-refractivity contribution in [3.05, 3.63) is 36.0 Å². The molecule has 0 aliphatic rings. The number of aromatic nitrogens is 1.